The Morgan fingerprint density at radius 1 is 1.10 bits per heavy atom. The molecule has 0 aromatic heterocycles. The van der Waals surface area contributed by atoms with Gasteiger partial charge in [-0.25, -0.2) is 8.78 Å². The minimum Gasteiger partial charge on any atom is -0.307 e. The highest BCUT2D eigenvalue weighted by atomic mass is 19.1. The zero-order chi connectivity index (χ0) is 22.8. The third-order valence-electron chi connectivity index (χ3n) is 6.63. The number of hydrogen-bond acceptors (Lipinski definition) is 2. The Bertz CT molecular complexity index is 957. The van der Waals surface area contributed by atoms with Crippen LogP contribution in [-0.2, 0) is 5.41 Å². The van der Waals surface area contributed by atoms with Crippen LogP contribution < -0.4 is 4.90 Å². The first-order chi connectivity index (χ1) is 14.9. The molecular weight excluding hydrogens is 394 g/mol. The molecule has 2 aromatic carbocycles. The predicted octanol–water partition coefficient (Wildman–Crippen LogP) is 5.79. The van der Waals surface area contributed by atoms with Crippen LogP contribution in [0.2, 0.25) is 0 Å². The van der Waals surface area contributed by atoms with E-state index >= 15 is 0 Å². The molecule has 2 aromatic rings. The molecule has 0 unspecified atom stereocenters. The molecule has 0 saturated carbocycles. The number of amides is 1. The maximum atomic E-state index is 14.4. The summed E-state index contributed by atoms with van der Waals surface area (Å²) in [6, 6.07) is 7.75. The van der Waals surface area contributed by atoms with Gasteiger partial charge in [0.25, 0.3) is 5.91 Å². The molecule has 3 nitrogen and oxygen atoms in total. The molecule has 0 bridgehead atoms. The molecule has 2 aliphatic rings. The summed E-state index contributed by atoms with van der Waals surface area (Å²) in [6.07, 6.45) is 3.71. The minimum absolute atomic E-state index is 0.178. The van der Waals surface area contributed by atoms with Crippen LogP contribution in [0, 0.1) is 25.5 Å². The molecule has 1 amide bonds. The van der Waals surface area contributed by atoms with E-state index in [2.05, 4.69) is 23.6 Å². The SMILES string of the molecule is C=CCN1CCC2(CC1)CN(C(=O)c1c(F)cccc1F)c1c2ccc(C)c1C.CC. The summed E-state index contributed by atoms with van der Waals surface area (Å²) in [4.78, 5) is 17.3. The molecule has 0 aliphatic carbocycles. The monoisotopic (exact) mass is 426 g/mol. The van der Waals surface area contributed by atoms with Gasteiger partial charge in [-0.15, -0.1) is 6.58 Å². The van der Waals surface area contributed by atoms with Crippen molar-refractivity contribution in [1.82, 2.24) is 4.90 Å². The average Bonchev–Trinajstić information content (AvgIpc) is 3.08. The third kappa shape index (κ3) is 4.03. The molecule has 166 valence electrons. The third-order valence-corrected chi connectivity index (χ3v) is 6.63. The number of nitrogens with zero attached hydrogens (tertiary/aromatic N) is 2. The summed E-state index contributed by atoms with van der Waals surface area (Å²) >= 11 is 0. The molecule has 31 heavy (non-hydrogen) atoms. The molecule has 1 spiro atoms. The summed E-state index contributed by atoms with van der Waals surface area (Å²) in [6.45, 7) is 14.9. The second kappa shape index (κ2) is 9.31. The summed E-state index contributed by atoms with van der Waals surface area (Å²) in [7, 11) is 0. The molecule has 2 heterocycles. The van der Waals surface area contributed by atoms with Gasteiger partial charge in [0.2, 0.25) is 0 Å². The number of rotatable bonds is 3. The Morgan fingerprint density at radius 2 is 1.71 bits per heavy atom. The molecule has 2 aliphatic heterocycles. The Hall–Kier alpha value is -2.53. The molecule has 1 saturated heterocycles. The largest absolute Gasteiger partial charge is 0.307 e. The van der Waals surface area contributed by atoms with Crippen molar-refractivity contribution in [2.45, 2.75) is 46.0 Å². The number of aryl methyl sites for hydroxylation is 1. The topological polar surface area (TPSA) is 23.6 Å². The number of fused-ring (bicyclic) bond motifs is 2. The molecule has 1 fully saturated rings. The van der Waals surface area contributed by atoms with E-state index < -0.39 is 23.1 Å². The van der Waals surface area contributed by atoms with Gasteiger partial charge >= 0.3 is 0 Å². The quantitative estimate of drug-likeness (QED) is 0.580. The van der Waals surface area contributed by atoms with Crippen molar-refractivity contribution < 1.29 is 13.6 Å². The van der Waals surface area contributed by atoms with E-state index in [1.165, 1.54) is 6.07 Å². The lowest BCUT2D eigenvalue weighted by atomic mass is 9.74. The first kappa shape index (κ1) is 23.1. The van der Waals surface area contributed by atoms with Crippen molar-refractivity contribution >= 4 is 11.6 Å². The van der Waals surface area contributed by atoms with Crippen LogP contribution in [0.15, 0.2) is 43.0 Å². The van der Waals surface area contributed by atoms with Gasteiger partial charge in [-0.1, -0.05) is 38.1 Å². The molecular formula is C26H32F2N2O. The van der Waals surface area contributed by atoms with Crippen molar-refractivity contribution in [1.29, 1.82) is 0 Å². The van der Waals surface area contributed by atoms with Crippen LogP contribution in [0.1, 0.15) is 53.7 Å². The predicted molar refractivity (Wildman–Crippen MR) is 123 cm³/mol. The lowest BCUT2D eigenvalue weighted by Gasteiger charge is -2.39. The van der Waals surface area contributed by atoms with Crippen LogP contribution >= 0.6 is 0 Å². The average molecular weight is 427 g/mol. The second-order valence-corrected chi connectivity index (χ2v) is 8.26. The van der Waals surface area contributed by atoms with Crippen LogP contribution in [0.25, 0.3) is 0 Å². The van der Waals surface area contributed by atoms with Gasteiger partial charge in [0, 0.05) is 18.5 Å². The fourth-order valence-corrected chi connectivity index (χ4v) is 4.83. The Morgan fingerprint density at radius 3 is 2.29 bits per heavy atom. The Labute approximate surface area is 184 Å². The standard InChI is InChI=1S/C24H26F2N2O.C2H6/c1-4-12-27-13-10-24(11-14-27)15-28(22-17(3)16(2)8-9-18(22)24)23(29)21-19(25)6-5-7-20(21)26;1-2/h4-9H,1,10-15H2,2-3H3;1-2H3. The van der Waals surface area contributed by atoms with Crippen LogP contribution in [0.3, 0.4) is 0 Å². The lowest BCUT2D eigenvalue weighted by Crippen LogP contribution is -2.46. The van der Waals surface area contributed by atoms with Gasteiger partial charge in [0.1, 0.15) is 17.2 Å². The molecule has 0 radical (unpaired) electrons. The number of carbonyl (C=O) groups is 1. The summed E-state index contributed by atoms with van der Waals surface area (Å²) in [5.41, 5.74) is 3.37. The number of hydrogen-bond donors (Lipinski definition) is 0. The molecule has 4 rings (SSSR count). The smallest absolute Gasteiger partial charge is 0.264 e. The maximum absolute atomic E-state index is 14.4. The van der Waals surface area contributed by atoms with Gasteiger partial charge in [-0.3, -0.25) is 9.69 Å². The molecule has 5 heteroatoms. The maximum Gasteiger partial charge on any atom is 0.264 e. The van der Waals surface area contributed by atoms with Crippen molar-refractivity contribution in [3.63, 3.8) is 0 Å². The van der Waals surface area contributed by atoms with E-state index in [1.807, 2.05) is 33.8 Å². The van der Waals surface area contributed by atoms with Gasteiger partial charge < -0.3 is 4.90 Å². The fraction of sp³-hybridized carbons (Fsp3) is 0.423. The van der Waals surface area contributed by atoms with E-state index in [4.69, 9.17) is 0 Å². The number of benzene rings is 2. The number of piperidine rings is 1. The Balaban J connectivity index is 0.00000132. The van der Waals surface area contributed by atoms with Gasteiger partial charge in [-0.05, 0) is 68.6 Å². The van der Waals surface area contributed by atoms with E-state index in [0.717, 1.165) is 67.0 Å². The highest BCUT2D eigenvalue weighted by Crippen LogP contribution is 2.49. The highest BCUT2D eigenvalue weighted by molar-refractivity contribution is 6.08. The van der Waals surface area contributed by atoms with E-state index in [0.29, 0.717) is 6.54 Å². The number of likely N-dealkylation sites (tertiary alicyclic amines) is 1. The normalized spacial score (nSPS) is 17.2. The summed E-state index contributed by atoms with van der Waals surface area (Å²) in [5, 5.41) is 0. The second-order valence-electron chi connectivity index (χ2n) is 8.26. The van der Waals surface area contributed by atoms with Crippen LogP contribution in [-0.4, -0.2) is 37.0 Å². The van der Waals surface area contributed by atoms with Gasteiger partial charge in [0.15, 0.2) is 0 Å². The first-order valence-electron chi connectivity index (χ1n) is 11.1. The van der Waals surface area contributed by atoms with Crippen molar-refractivity contribution in [2.24, 2.45) is 0 Å². The van der Waals surface area contributed by atoms with Crippen molar-refractivity contribution in [2.75, 3.05) is 31.1 Å². The number of anilines is 1. The minimum atomic E-state index is -0.816. The van der Waals surface area contributed by atoms with Crippen molar-refractivity contribution in [3.8, 4) is 0 Å². The van der Waals surface area contributed by atoms with Crippen LogP contribution in [0.4, 0.5) is 14.5 Å². The summed E-state index contributed by atoms with van der Waals surface area (Å²) in [5.74, 6) is -2.23. The zero-order valence-corrected chi connectivity index (χ0v) is 19.0. The number of carbonyl (C=O) groups excluding carboxylic acids is 1. The van der Waals surface area contributed by atoms with E-state index in [1.54, 1.807) is 4.90 Å². The highest BCUT2D eigenvalue weighted by Gasteiger charge is 2.47. The van der Waals surface area contributed by atoms with Gasteiger partial charge in [-0.2, -0.15) is 0 Å². The van der Waals surface area contributed by atoms with E-state index in [-0.39, 0.29) is 5.41 Å². The lowest BCUT2D eigenvalue weighted by molar-refractivity contribution is 0.0969. The zero-order valence-electron chi connectivity index (χ0n) is 19.0. The van der Waals surface area contributed by atoms with Crippen LogP contribution in [0.5, 0.6) is 0 Å². The summed E-state index contributed by atoms with van der Waals surface area (Å²) < 4.78 is 28.8. The number of halogens is 2. The van der Waals surface area contributed by atoms with Gasteiger partial charge in [0.05, 0.1) is 5.69 Å². The van der Waals surface area contributed by atoms with Crippen molar-refractivity contribution in [3.05, 3.63) is 76.9 Å². The fourth-order valence-electron chi connectivity index (χ4n) is 4.83. The Kier molecular flexibility index (Phi) is 6.95. The first-order valence-corrected chi connectivity index (χ1v) is 11.1. The molecule has 0 N–H and O–H groups in total. The molecule has 0 atom stereocenters. The van der Waals surface area contributed by atoms with E-state index in [9.17, 15) is 13.6 Å².